The van der Waals surface area contributed by atoms with Gasteiger partial charge in [0.15, 0.2) is 0 Å². The van der Waals surface area contributed by atoms with Gasteiger partial charge in [0.1, 0.15) is 0 Å². The topological polar surface area (TPSA) is 0 Å². The number of allylic oxidation sites excluding steroid dienone is 5. The Morgan fingerprint density at radius 1 is 1.25 bits per heavy atom. The zero-order valence-electron chi connectivity index (χ0n) is 9.56. The molecule has 2 radical (unpaired) electrons. The third kappa shape index (κ3) is 2.04. The van der Waals surface area contributed by atoms with Gasteiger partial charge in [-0.3, -0.25) is 0 Å². The summed E-state index contributed by atoms with van der Waals surface area (Å²) < 4.78 is 0. The van der Waals surface area contributed by atoms with E-state index in [2.05, 4.69) is 31.7 Å². The zero-order chi connectivity index (χ0) is 11.5. The summed E-state index contributed by atoms with van der Waals surface area (Å²) in [4.78, 5) is 0. The predicted octanol–water partition coefficient (Wildman–Crippen LogP) is 3.50. The van der Waals surface area contributed by atoms with Crippen LogP contribution in [0.2, 0.25) is 0 Å². The molecule has 0 fully saturated rings. The molecule has 1 aliphatic rings. The van der Waals surface area contributed by atoms with Crippen molar-refractivity contribution < 1.29 is 0 Å². The highest BCUT2D eigenvalue weighted by atomic mass is 14.2. The van der Waals surface area contributed by atoms with Crippen molar-refractivity contribution in [3.63, 3.8) is 0 Å². The molecular formula is C15H15B. The molecule has 1 aromatic rings. The zero-order valence-corrected chi connectivity index (χ0v) is 9.56. The van der Waals surface area contributed by atoms with Crippen molar-refractivity contribution in [1.29, 1.82) is 0 Å². The fourth-order valence-corrected chi connectivity index (χ4v) is 2.10. The van der Waals surface area contributed by atoms with Gasteiger partial charge in [0.05, 0.1) is 7.85 Å². The summed E-state index contributed by atoms with van der Waals surface area (Å²) >= 11 is 0. The Labute approximate surface area is 98.8 Å². The second-order valence-electron chi connectivity index (χ2n) is 4.23. The van der Waals surface area contributed by atoms with E-state index in [-0.39, 0.29) is 11.7 Å². The molecule has 0 spiro atoms. The van der Waals surface area contributed by atoms with Gasteiger partial charge in [-0.1, -0.05) is 55.1 Å². The normalized spacial score (nSPS) is 21.1. The van der Waals surface area contributed by atoms with Gasteiger partial charge in [-0.05, 0) is 29.4 Å². The fourth-order valence-electron chi connectivity index (χ4n) is 2.10. The van der Waals surface area contributed by atoms with Gasteiger partial charge in [0.25, 0.3) is 0 Å². The van der Waals surface area contributed by atoms with Gasteiger partial charge >= 0.3 is 0 Å². The molecule has 1 aliphatic carbocycles. The molecule has 1 heteroatoms. The number of rotatable bonds is 2. The minimum Gasteiger partial charge on any atom is -0.0952 e. The summed E-state index contributed by atoms with van der Waals surface area (Å²) in [6.45, 7) is 6.15. The van der Waals surface area contributed by atoms with Gasteiger partial charge in [-0.25, -0.2) is 0 Å². The highest BCUT2D eigenvalue weighted by Crippen LogP contribution is 2.32. The van der Waals surface area contributed by atoms with Gasteiger partial charge in [0.2, 0.25) is 0 Å². The summed E-state index contributed by atoms with van der Waals surface area (Å²) in [5.74, 6) is 0.209. The monoisotopic (exact) mass is 206 g/mol. The van der Waals surface area contributed by atoms with E-state index in [1.54, 1.807) is 0 Å². The Kier molecular flexibility index (Phi) is 3.14. The smallest absolute Gasteiger partial charge is 0.0776 e. The van der Waals surface area contributed by atoms with Crippen LogP contribution in [0.3, 0.4) is 0 Å². The lowest BCUT2D eigenvalue weighted by atomic mass is 9.67. The van der Waals surface area contributed by atoms with Crippen LogP contribution in [0.15, 0.2) is 60.7 Å². The maximum atomic E-state index is 6.32. The molecule has 0 aliphatic heterocycles. The highest BCUT2D eigenvalue weighted by molar-refractivity contribution is 6.13. The molecule has 0 bridgehead atoms. The van der Waals surface area contributed by atoms with E-state index < -0.39 is 0 Å². The van der Waals surface area contributed by atoms with Crippen LogP contribution in [0.5, 0.6) is 0 Å². The molecule has 16 heavy (non-hydrogen) atoms. The van der Waals surface area contributed by atoms with Crippen LogP contribution in [-0.4, -0.2) is 7.85 Å². The Balaban J connectivity index is 2.29. The first-order valence-electron chi connectivity index (χ1n) is 5.55. The highest BCUT2D eigenvalue weighted by Gasteiger charge is 2.19. The first kappa shape index (κ1) is 11.0. The molecule has 0 aromatic heterocycles. The molecule has 2 unspecified atom stereocenters. The molecule has 0 N–H and O–H groups in total. The SMILES string of the molecule is [B]C(c1ccccc1C)C1C=CC=CC1=C. The minimum absolute atomic E-state index is 0.00472. The Hall–Kier alpha value is -1.50. The van der Waals surface area contributed by atoms with Crippen molar-refractivity contribution in [3.05, 3.63) is 71.8 Å². The van der Waals surface area contributed by atoms with E-state index in [0.29, 0.717) is 0 Å². The quantitative estimate of drug-likeness (QED) is 0.649. The molecular weight excluding hydrogens is 191 g/mol. The van der Waals surface area contributed by atoms with Crippen LogP contribution < -0.4 is 0 Å². The van der Waals surface area contributed by atoms with Gasteiger partial charge in [0, 0.05) is 5.92 Å². The number of aryl methyl sites for hydroxylation is 1. The lowest BCUT2D eigenvalue weighted by Gasteiger charge is -2.25. The largest absolute Gasteiger partial charge is 0.0952 e. The van der Waals surface area contributed by atoms with Crippen LogP contribution in [0.1, 0.15) is 16.9 Å². The fraction of sp³-hybridized carbons (Fsp3) is 0.200. The van der Waals surface area contributed by atoms with Crippen LogP contribution in [-0.2, 0) is 0 Å². The molecule has 0 heterocycles. The third-order valence-corrected chi connectivity index (χ3v) is 3.10. The number of hydrogen-bond donors (Lipinski definition) is 0. The number of benzene rings is 1. The van der Waals surface area contributed by atoms with E-state index in [0.717, 1.165) is 5.57 Å². The van der Waals surface area contributed by atoms with Crippen molar-refractivity contribution in [2.75, 3.05) is 0 Å². The first-order valence-corrected chi connectivity index (χ1v) is 5.55. The van der Waals surface area contributed by atoms with E-state index in [1.807, 2.05) is 30.4 Å². The molecule has 2 rings (SSSR count). The van der Waals surface area contributed by atoms with Crippen molar-refractivity contribution in [3.8, 4) is 0 Å². The van der Waals surface area contributed by atoms with Crippen molar-refractivity contribution in [1.82, 2.24) is 0 Å². The maximum absolute atomic E-state index is 6.32. The molecule has 78 valence electrons. The van der Waals surface area contributed by atoms with Crippen LogP contribution >= 0.6 is 0 Å². The van der Waals surface area contributed by atoms with Crippen LogP contribution in [0, 0.1) is 12.8 Å². The van der Waals surface area contributed by atoms with Gasteiger partial charge in [-0.2, -0.15) is 0 Å². The Morgan fingerprint density at radius 3 is 2.69 bits per heavy atom. The van der Waals surface area contributed by atoms with Crippen molar-refractivity contribution >= 4 is 7.85 Å². The van der Waals surface area contributed by atoms with E-state index in [9.17, 15) is 0 Å². The predicted molar refractivity (Wildman–Crippen MR) is 70.6 cm³/mol. The van der Waals surface area contributed by atoms with Crippen LogP contribution in [0.25, 0.3) is 0 Å². The summed E-state index contributed by atoms with van der Waals surface area (Å²) in [6.07, 6.45) is 8.20. The minimum atomic E-state index is -0.00472. The summed E-state index contributed by atoms with van der Waals surface area (Å²) in [7, 11) is 6.32. The average Bonchev–Trinajstić information content (AvgIpc) is 2.29. The summed E-state index contributed by atoms with van der Waals surface area (Å²) in [5.41, 5.74) is 3.53. The standard InChI is InChI=1S/C15H15B/c1-11-7-3-5-9-13(11)15(16)14-10-6-4-8-12(14)2/h3-10,13,15H,1H2,2H3. The van der Waals surface area contributed by atoms with Crippen LogP contribution in [0.4, 0.5) is 0 Å². The van der Waals surface area contributed by atoms with Crippen molar-refractivity contribution in [2.45, 2.75) is 12.7 Å². The number of hydrogen-bond acceptors (Lipinski definition) is 0. The second kappa shape index (κ2) is 4.57. The lowest BCUT2D eigenvalue weighted by molar-refractivity contribution is 0.735. The Morgan fingerprint density at radius 2 is 2.00 bits per heavy atom. The molecule has 0 saturated carbocycles. The van der Waals surface area contributed by atoms with E-state index >= 15 is 0 Å². The van der Waals surface area contributed by atoms with E-state index in [4.69, 9.17) is 7.85 Å². The van der Waals surface area contributed by atoms with Crippen molar-refractivity contribution in [2.24, 2.45) is 5.92 Å². The second-order valence-corrected chi connectivity index (χ2v) is 4.23. The molecule has 0 amide bonds. The molecule has 2 atom stereocenters. The van der Waals surface area contributed by atoms with E-state index in [1.165, 1.54) is 11.1 Å². The lowest BCUT2D eigenvalue weighted by Crippen LogP contribution is -2.14. The summed E-state index contributed by atoms with van der Waals surface area (Å²) in [5, 5.41) is 0. The molecule has 0 nitrogen and oxygen atoms in total. The maximum Gasteiger partial charge on any atom is 0.0776 e. The average molecular weight is 206 g/mol. The molecule has 0 saturated heterocycles. The molecule has 1 aromatic carbocycles. The first-order chi connectivity index (χ1) is 7.70. The Bertz CT molecular complexity index is 454. The summed E-state index contributed by atoms with van der Waals surface area (Å²) in [6, 6.07) is 8.27. The third-order valence-electron chi connectivity index (χ3n) is 3.10. The van der Waals surface area contributed by atoms with Gasteiger partial charge in [-0.15, -0.1) is 0 Å². The van der Waals surface area contributed by atoms with Gasteiger partial charge < -0.3 is 0 Å².